The van der Waals surface area contributed by atoms with E-state index < -0.39 is 16.8 Å². The topological polar surface area (TPSA) is 12.4 Å². The summed E-state index contributed by atoms with van der Waals surface area (Å²) in [4.78, 5) is 3.74. The molecule has 0 amide bonds. The first-order chi connectivity index (χ1) is 6.29. The molecule has 0 saturated carbocycles. The molecular weight excluding hydrogens is 215 g/mol. The summed E-state index contributed by atoms with van der Waals surface area (Å²) < 4.78 is 36.1. The zero-order valence-corrected chi connectivity index (χ0v) is 8.71. The van der Waals surface area contributed by atoms with E-state index in [1.165, 1.54) is 0 Å². The van der Waals surface area contributed by atoms with E-state index in [4.69, 9.17) is 11.6 Å². The molecule has 1 nitrogen and oxygen atoms in total. The van der Waals surface area contributed by atoms with E-state index in [-0.39, 0.29) is 0 Å². The van der Waals surface area contributed by atoms with Gasteiger partial charge in [0, 0.05) is 11.9 Å². The van der Waals surface area contributed by atoms with E-state index in [1.807, 2.05) is 6.92 Å². The van der Waals surface area contributed by atoms with Crippen molar-refractivity contribution in [3.8, 4) is 0 Å². The summed E-state index contributed by atoms with van der Waals surface area (Å²) in [5.74, 6) is 0. The smallest absolute Gasteiger partial charge is 0.264 e. The molecule has 0 N–H and O–H groups in total. The predicted octanol–water partition coefficient (Wildman–Crippen LogP) is 4.06. The van der Waals surface area contributed by atoms with Gasteiger partial charge in [-0.05, 0) is 13.3 Å². The first-order valence-corrected chi connectivity index (χ1v) is 4.32. The molecule has 80 valence electrons. The Labute approximate surface area is 86.0 Å². The summed E-state index contributed by atoms with van der Waals surface area (Å²) in [5, 5.41) is -0.481. The average Bonchev–Trinajstić information content (AvgIpc) is 2.10. The molecule has 0 unspecified atom stereocenters. The van der Waals surface area contributed by atoms with Crippen LogP contribution in [0, 0.1) is 0 Å². The van der Waals surface area contributed by atoms with Gasteiger partial charge in [0.25, 0.3) is 0 Å². The number of aliphatic imine (C=N–C) groups is 1. The minimum Gasteiger partial charge on any atom is -0.264 e. The number of alkyl halides is 3. The van der Waals surface area contributed by atoms with Crippen LogP contribution >= 0.6 is 11.6 Å². The molecule has 0 aliphatic carbocycles. The van der Waals surface area contributed by atoms with E-state index in [0.717, 1.165) is 6.20 Å². The maximum absolute atomic E-state index is 12.0. The van der Waals surface area contributed by atoms with E-state index in [1.54, 1.807) is 6.92 Å². The van der Waals surface area contributed by atoms with E-state index in [9.17, 15) is 13.2 Å². The quantitative estimate of drug-likeness (QED) is 0.507. The average molecular weight is 226 g/mol. The molecule has 0 spiro atoms. The van der Waals surface area contributed by atoms with Gasteiger partial charge in [-0.15, -0.1) is 0 Å². The third-order valence-electron chi connectivity index (χ3n) is 1.54. The van der Waals surface area contributed by atoms with Gasteiger partial charge in [0.05, 0.1) is 10.6 Å². The first kappa shape index (κ1) is 13.2. The van der Waals surface area contributed by atoms with Crippen molar-refractivity contribution in [2.45, 2.75) is 26.4 Å². The molecule has 0 aromatic heterocycles. The van der Waals surface area contributed by atoms with Gasteiger partial charge < -0.3 is 0 Å². The van der Waals surface area contributed by atoms with Crippen LogP contribution in [0.2, 0.25) is 0 Å². The molecule has 0 aromatic carbocycles. The largest absolute Gasteiger partial charge is 0.417 e. The highest BCUT2D eigenvalue weighted by Gasteiger charge is 2.33. The molecule has 0 heterocycles. The summed E-state index contributed by atoms with van der Waals surface area (Å²) in [7, 11) is 0. The van der Waals surface area contributed by atoms with Crippen molar-refractivity contribution in [2.24, 2.45) is 4.99 Å². The van der Waals surface area contributed by atoms with E-state index in [2.05, 4.69) is 11.6 Å². The van der Waals surface area contributed by atoms with Crippen LogP contribution in [-0.4, -0.2) is 11.9 Å². The lowest BCUT2D eigenvalue weighted by Crippen LogP contribution is -2.10. The third-order valence-corrected chi connectivity index (χ3v) is 1.87. The predicted molar refractivity (Wildman–Crippen MR) is 52.5 cm³/mol. The Morgan fingerprint density at radius 1 is 1.50 bits per heavy atom. The Morgan fingerprint density at radius 3 is 2.36 bits per heavy atom. The molecular formula is C9H11ClF3N. The monoisotopic (exact) mass is 225 g/mol. The van der Waals surface area contributed by atoms with Crippen molar-refractivity contribution in [3.63, 3.8) is 0 Å². The van der Waals surface area contributed by atoms with Gasteiger partial charge in [-0.25, -0.2) is 0 Å². The van der Waals surface area contributed by atoms with E-state index in [0.29, 0.717) is 12.1 Å². The van der Waals surface area contributed by atoms with Gasteiger partial charge in [-0.3, -0.25) is 4.99 Å². The minimum absolute atomic E-state index is 0.481. The summed E-state index contributed by atoms with van der Waals surface area (Å²) in [6.07, 6.45) is -2.86. The fraction of sp³-hybridized carbons (Fsp3) is 0.444. The lowest BCUT2D eigenvalue weighted by atomic mass is 10.3. The Balaban J connectivity index is 4.64. The highest BCUT2D eigenvalue weighted by molar-refractivity contribution is 6.32. The molecule has 14 heavy (non-hydrogen) atoms. The molecule has 0 saturated heterocycles. The number of rotatable bonds is 3. The lowest BCUT2D eigenvalue weighted by molar-refractivity contribution is -0.0882. The first-order valence-electron chi connectivity index (χ1n) is 3.94. The van der Waals surface area contributed by atoms with E-state index >= 15 is 0 Å². The molecule has 0 aliphatic heterocycles. The summed E-state index contributed by atoms with van der Waals surface area (Å²) in [6.45, 7) is 6.39. The van der Waals surface area contributed by atoms with Gasteiger partial charge in [0.1, 0.15) is 0 Å². The fourth-order valence-corrected chi connectivity index (χ4v) is 0.627. The molecule has 0 rings (SSSR count). The molecule has 0 radical (unpaired) electrons. The third kappa shape index (κ3) is 4.46. The zero-order chi connectivity index (χ0) is 11.4. The summed E-state index contributed by atoms with van der Waals surface area (Å²) >= 11 is 5.35. The van der Waals surface area contributed by atoms with Crippen molar-refractivity contribution in [1.29, 1.82) is 0 Å². The van der Waals surface area contributed by atoms with Crippen molar-refractivity contribution >= 4 is 17.3 Å². The van der Waals surface area contributed by atoms with Crippen LogP contribution in [-0.2, 0) is 0 Å². The number of halogens is 4. The van der Waals surface area contributed by atoms with Crippen molar-refractivity contribution in [3.05, 3.63) is 23.4 Å². The minimum atomic E-state index is -4.50. The molecule has 0 fully saturated rings. The molecule has 5 heteroatoms. The maximum atomic E-state index is 12.0. The molecule has 0 aromatic rings. The van der Waals surface area contributed by atoms with Gasteiger partial charge in [0.15, 0.2) is 0 Å². The van der Waals surface area contributed by atoms with Crippen LogP contribution in [0.25, 0.3) is 0 Å². The fourth-order valence-electron chi connectivity index (χ4n) is 0.471. The highest BCUT2D eigenvalue weighted by Crippen LogP contribution is 2.31. The standard InChI is InChI=1S/C9H11ClF3N/c1-4-6(2)14-5-8(10)7(3)9(11,12)13/h5H,3-4H2,1-2H3/b8-5+,14-6+. The van der Waals surface area contributed by atoms with Crippen LogP contribution in [0.5, 0.6) is 0 Å². The van der Waals surface area contributed by atoms with Crippen LogP contribution < -0.4 is 0 Å². The van der Waals surface area contributed by atoms with Gasteiger partial charge in [-0.2, -0.15) is 13.2 Å². The molecule has 0 aliphatic rings. The zero-order valence-electron chi connectivity index (χ0n) is 7.95. The van der Waals surface area contributed by atoms with Gasteiger partial charge in [0.2, 0.25) is 0 Å². The lowest BCUT2D eigenvalue weighted by Gasteiger charge is -2.07. The second-order valence-corrected chi connectivity index (χ2v) is 3.08. The summed E-state index contributed by atoms with van der Waals surface area (Å²) in [5.41, 5.74) is -0.370. The molecule has 0 atom stereocenters. The molecule has 0 bridgehead atoms. The SMILES string of the molecule is C=C(/C(Cl)=C\N=C(/C)CC)C(F)(F)F. The van der Waals surface area contributed by atoms with Gasteiger partial charge in [-0.1, -0.05) is 25.1 Å². The van der Waals surface area contributed by atoms with Crippen LogP contribution in [0.15, 0.2) is 28.4 Å². The second kappa shape index (κ2) is 5.20. The second-order valence-electron chi connectivity index (χ2n) is 2.67. The Hall–Kier alpha value is -0.770. The number of allylic oxidation sites excluding steroid dienone is 2. The normalized spacial score (nSPS) is 14.4. The Kier molecular flexibility index (Phi) is 4.91. The number of hydrogen-bond acceptors (Lipinski definition) is 1. The van der Waals surface area contributed by atoms with Crippen molar-refractivity contribution in [2.75, 3.05) is 0 Å². The highest BCUT2D eigenvalue weighted by atomic mass is 35.5. The Morgan fingerprint density at radius 2 is 2.00 bits per heavy atom. The number of hydrogen-bond donors (Lipinski definition) is 0. The van der Waals surface area contributed by atoms with Crippen LogP contribution in [0.4, 0.5) is 13.2 Å². The summed E-state index contributed by atoms with van der Waals surface area (Å²) in [6, 6.07) is 0. The van der Waals surface area contributed by atoms with Crippen molar-refractivity contribution < 1.29 is 13.2 Å². The van der Waals surface area contributed by atoms with Gasteiger partial charge >= 0.3 is 6.18 Å². The van der Waals surface area contributed by atoms with Crippen molar-refractivity contribution in [1.82, 2.24) is 0 Å². The van der Waals surface area contributed by atoms with Crippen LogP contribution in [0.1, 0.15) is 20.3 Å². The number of nitrogens with zero attached hydrogens (tertiary/aromatic N) is 1. The van der Waals surface area contributed by atoms with Crippen LogP contribution in [0.3, 0.4) is 0 Å². The maximum Gasteiger partial charge on any atom is 0.417 e. The Bertz CT molecular complexity index is 276.